The third-order valence-electron chi connectivity index (χ3n) is 6.36. The number of quaternary nitrogens is 1. The number of esters is 1. The molecular weight excluding hydrogens is 422 g/mol. The summed E-state index contributed by atoms with van der Waals surface area (Å²) in [6.45, 7) is 6.74. The van der Waals surface area contributed by atoms with E-state index in [1.165, 1.54) is 49.7 Å². The molecule has 0 amide bonds. The third kappa shape index (κ3) is 11.7. The molecule has 188 valence electrons. The van der Waals surface area contributed by atoms with E-state index in [4.69, 9.17) is 9.47 Å². The van der Waals surface area contributed by atoms with Crippen LogP contribution in [0.15, 0.2) is 54.6 Å². The number of hydrogen-bond donors (Lipinski definition) is 0. The van der Waals surface area contributed by atoms with Crippen molar-refractivity contribution in [2.45, 2.75) is 71.8 Å². The van der Waals surface area contributed by atoms with E-state index in [2.05, 4.69) is 57.4 Å². The van der Waals surface area contributed by atoms with E-state index in [0.717, 1.165) is 36.2 Å². The van der Waals surface area contributed by atoms with Gasteiger partial charge in [0.15, 0.2) is 0 Å². The first-order chi connectivity index (χ1) is 16.4. The normalized spacial score (nSPS) is 12.4. The molecule has 0 N–H and O–H groups in total. The maximum Gasteiger partial charge on any atom is 0.308 e. The summed E-state index contributed by atoms with van der Waals surface area (Å²) in [6, 6.07) is 18.8. The summed E-state index contributed by atoms with van der Waals surface area (Å²) in [5, 5.41) is 0. The van der Waals surface area contributed by atoms with E-state index in [-0.39, 0.29) is 18.5 Å². The van der Waals surface area contributed by atoms with Crippen molar-refractivity contribution in [3.8, 4) is 5.75 Å². The van der Waals surface area contributed by atoms with Crippen LogP contribution in [0, 0.1) is 5.92 Å². The molecule has 0 saturated carbocycles. The second kappa shape index (κ2) is 15.5. The van der Waals surface area contributed by atoms with Crippen LogP contribution in [0.2, 0.25) is 0 Å². The molecule has 1 atom stereocenters. The fourth-order valence-corrected chi connectivity index (χ4v) is 4.12. The zero-order valence-electron chi connectivity index (χ0n) is 21.9. The van der Waals surface area contributed by atoms with Gasteiger partial charge in [-0.2, -0.15) is 0 Å². The van der Waals surface area contributed by atoms with Crippen LogP contribution in [-0.4, -0.2) is 44.3 Å². The number of nitrogens with zero attached hydrogens (tertiary/aromatic N) is 1. The number of carbonyl (C=O) groups excluding carboxylic acids is 1. The molecule has 0 aliphatic heterocycles. The van der Waals surface area contributed by atoms with Crippen LogP contribution in [-0.2, 0) is 22.5 Å². The zero-order chi connectivity index (χ0) is 24.7. The number of unbranched alkanes of at least 4 members (excludes halogenated alkanes) is 5. The average Bonchev–Trinajstić information content (AvgIpc) is 2.83. The van der Waals surface area contributed by atoms with E-state index >= 15 is 0 Å². The van der Waals surface area contributed by atoms with Crippen LogP contribution >= 0.6 is 0 Å². The number of hydrogen-bond acceptors (Lipinski definition) is 3. The second-order valence-corrected chi connectivity index (χ2v) is 10.2. The summed E-state index contributed by atoms with van der Waals surface area (Å²) in [5.41, 5.74) is 2.67. The standard InChI is InChI=1S/C30H46NO3/c1-5-6-7-8-9-11-14-27-17-19-29(20-18-27)33-23-24-34-30(32)26(2)21-22-31(3,4)25-28-15-12-10-13-16-28/h10,12-13,15-20,26H,5-9,11,14,21-25H2,1-4H3/q+1. The van der Waals surface area contributed by atoms with Crippen molar-refractivity contribution in [1.29, 1.82) is 0 Å². The summed E-state index contributed by atoms with van der Waals surface area (Å²) in [6.07, 6.45) is 9.85. The lowest BCUT2D eigenvalue weighted by atomic mass is 10.0. The van der Waals surface area contributed by atoms with Gasteiger partial charge in [-0.1, -0.05) is 88.4 Å². The first-order valence-corrected chi connectivity index (χ1v) is 13.1. The molecule has 2 aromatic carbocycles. The molecule has 0 aliphatic rings. The summed E-state index contributed by atoms with van der Waals surface area (Å²) < 4.78 is 12.1. The lowest BCUT2D eigenvalue weighted by Gasteiger charge is -2.30. The molecule has 0 fully saturated rings. The Morgan fingerprint density at radius 3 is 2.24 bits per heavy atom. The Morgan fingerprint density at radius 2 is 1.53 bits per heavy atom. The van der Waals surface area contributed by atoms with Gasteiger partial charge in [0.05, 0.1) is 26.6 Å². The molecule has 0 aliphatic carbocycles. The highest BCUT2D eigenvalue weighted by molar-refractivity contribution is 5.71. The number of benzene rings is 2. The molecule has 0 aromatic heterocycles. The van der Waals surface area contributed by atoms with E-state index in [9.17, 15) is 4.79 Å². The molecule has 0 bridgehead atoms. The van der Waals surface area contributed by atoms with Crippen molar-refractivity contribution in [2.75, 3.05) is 33.9 Å². The van der Waals surface area contributed by atoms with Gasteiger partial charge in [0.25, 0.3) is 0 Å². The Hall–Kier alpha value is -2.33. The molecule has 34 heavy (non-hydrogen) atoms. The predicted octanol–water partition coefficient (Wildman–Crippen LogP) is 6.81. The number of ether oxygens (including phenoxy) is 2. The Labute approximate surface area is 207 Å². The van der Waals surface area contributed by atoms with Crippen molar-refractivity contribution in [3.63, 3.8) is 0 Å². The fourth-order valence-electron chi connectivity index (χ4n) is 4.12. The molecule has 2 rings (SSSR count). The van der Waals surface area contributed by atoms with Gasteiger partial charge >= 0.3 is 5.97 Å². The fraction of sp³-hybridized carbons (Fsp3) is 0.567. The molecule has 4 heteroatoms. The van der Waals surface area contributed by atoms with Gasteiger partial charge < -0.3 is 14.0 Å². The molecular formula is C30H46NO3+. The Kier molecular flexibility index (Phi) is 12.8. The zero-order valence-corrected chi connectivity index (χ0v) is 21.9. The first kappa shape index (κ1) is 27.9. The highest BCUT2D eigenvalue weighted by Gasteiger charge is 2.21. The van der Waals surface area contributed by atoms with E-state index in [1.54, 1.807) is 0 Å². The Balaban J connectivity index is 1.58. The molecule has 4 nitrogen and oxygen atoms in total. The smallest absolute Gasteiger partial charge is 0.308 e. The van der Waals surface area contributed by atoms with Crippen molar-refractivity contribution < 1.29 is 18.8 Å². The molecule has 0 saturated heterocycles. The van der Waals surface area contributed by atoms with Gasteiger partial charge in [-0.15, -0.1) is 0 Å². The molecule has 0 spiro atoms. The van der Waals surface area contributed by atoms with Crippen molar-refractivity contribution in [2.24, 2.45) is 5.92 Å². The number of rotatable bonds is 17. The van der Waals surface area contributed by atoms with Crippen LogP contribution in [0.5, 0.6) is 5.75 Å². The van der Waals surface area contributed by atoms with Gasteiger partial charge in [0.1, 0.15) is 25.5 Å². The van der Waals surface area contributed by atoms with Gasteiger partial charge in [-0.3, -0.25) is 4.79 Å². The lowest BCUT2D eigenvalue weighted by molar-refractivity contribution is -0.904. The van der Waals surface area contributed by atoms with Crippen LogP contribution in [0.1, 0.15) is 69.9 Å². The summed E-state index contributed by atoms with van der Waals surface area (Å²) in [4.78, 5) is 12.4. The van der Waals surface area contributed by atoms with Crippen LogP contribution in [0.25, 0.3) is 0 Å². The highest BCUT2D eigenvalue weighted by atomic mass is 16.6. The van der Waals surface area contributed by atoms with Gasteiger partial charge in [-0.25, -0.2) is 0 Å². The maximum atomic E-state index is 12.4. The van der Waals surface area contributed by atoms with E-state index in [0.29, 0.717) is 6.61 Å². The van der Waals surface area contributed by atoms with E-state index in [1.807, 2.05) is 25.1 Å². The third-order valence-corrected chi connectivity index (χ3v) is 6.36. The minimum atomic E-state index is -0.141. The van der Waals surface area contributed by atoms with Crippen LogP contribution in [0.3, 0.4) is 0 Å². The summed E-state index contributed by atoms with van der Waals surface area (Å²) >= 11 is 0. The lowest BCUT2D eigenvalue weighted by Crippen LogP contribution is -2.40. The summed E-state index contributed by atoms with van der Waals surface area (Å²) in [7, 11) is 4.41. The molecule has 0 radical (unpaired) electrons. The Morgan fingerprint density at radius 1 is 0.853 bits per heavy atom. The van der Waals surface area contributed by atoms with Gasteiger partial charge in [-0.05, 0) is 30.5 Å². The SMILES string of the molecule is CCCCCCCCc1ccc(OCCOC(=O)C(C)CC[N+](C)(C)Cc2ccccc2)cc1. The van der Waals surface area contributed by atoms with Gasteiger partial charge in [0.2, 0.25) is 0 Å². The molecule has 0 heterocycles. The second-order valence-electron chi connectivity index (χ2n) is 10.2. The monoisotopic (exact) mass is 468 g/mol. The largest absolute Gasteiger partial charge is 0.490 e. The quantitative estimate of drug-likeness (QED) is 0.145. The van der Waals surface area contributed by atoms with Crippen molar-refractivity contribution >= 4 is 5.97 Å². The predicted molar refractivity (Wildman–Crippen MR) is 141 cm³/mol. The minimum Gasteiger partial charge on any atom is -0.490 e. The topological polar surface area (TPSA) is 35.5 Å². The van der Waals surface area contributed by atoms with Crippen LogP contribution in [0.4, 0.5) is 0 Å². The van der Waals surface area contributed by atoms with Gasteiger partial charge in [0, 0.05) is 12.0 Å². The maximum absolute atomic E-state index is 12.4. The average molecular weight is 469 g/mol. The Bertz CT molecular complexity index is 802. The number of carbonyl (C=O) groups is 1. The number of aryl methyl sites for hydroxylation is 1. The minimum absolute atomic E-state index is 0.116. The molecule has 2 aromatic rings. The van der Waals surface area contributed by atoms with Crippen LogP contribution < -0.4 is 4.74 Å². The summed E-state index contributed by atoms with van der Waals surface area (Å²) in [5.74, 6) is 0.572. The van der Waals surface area contributed by atoms with Crippen molar-refractivity contribution in [1.82, 2.24) is 0 Å². The highest BCUT2D eigenvalue weighted by Crippen LogP contribution is 2.16. The first-order valence-electron chi connectivity index (χ1n) is 13.1. The molecule has 1 unspecified atom stereocenters. The van der Waals surface area contributed by atoms with Crippen molar-refractivity contribution in [3.05, 3.63) is 65.7 Å². The van der Waals surface area contributed by atoms with E-state index < -0.39 is 0 Å².